The summed E-state index contributed by atoms with van der Waals surface area (Å²) < 4.78 is 1.78. The zero-order chi connectivity index (χ0) is 8.55. The number of nitrogens with zero attached hydrogens (tertiary/aromatic N) is 2. The number of fused-ring (bicyclic) bond motifs is 1. The van der Waals surface area contributed by atoms with Crippen molar-refractivity contribution >= 4 is 5.52 Å². The Labute approximate surface area is 70.3 Å². The summed E-state index contributed by atoms with van der Waals surface area (Å²) in [6, 6.07) is 5.89. The van der Waals surface area contributed by atoms with Gasteiger partial charge >= 0.3 is 0 Å². The van der Waals surface area contributed by atoms with Crippen molar-refractivity contribution in [3.63, 3.8) is 0 Å². The Morgan fingerprint density at radius 1 is 1.50 bits per heavy atom. The summed E-state index contributed by atoms with van der Waals surface area (Å²) in [5, 5.41) is 13.0. The molecule has 0 aromatic carbocycles. The van der Waals surface area contributed by atoms with Crippen LogP contribution in [0.4, 0.5) is 0 Å². The lowest BCUT2D eigenvalue weighted by Crippen LogP contribution is -1.89. The molecule has 0 aliphatic heterocycles. The number of hydrogen-bond acceptors (Lipinski definition) is 2. The van der Waals surface area contributed by atoms with Crippen LogP contribution in [0, 0.1) is 6.92 Å². The average Bonchev–Trinajstić information content (AvgIpc) is 2.46. The summed E-state index contributed by atoms with van der Waals surface area (Å²) in [4.78, 5) is 0. The molecule has 0 spiro atoms. The lowest BCUT2D eigenvalue weighted by atomic mass is 10.3. The molecule has 3 nitrogen and oxygen atoms in total. The monoisotopic (exact) mass is 162 g/mol. The number of aromatic nitrogens is 2. The van der Waals surface area contributed by atoms with E-state index < -0.39 is 0 Å². The molecule has 0 amide bonds. The van der Waals surface area contributed by atoms with Gasteiger partial charge in [-0.1, -0.05) is 6.07 Å². The Kier molecular flexibility index (Phi) is 1.59. The molecule has 1 N–H and O–H groups in total. The van der Waals surface area contributed by atoms with Crippen LogP contribution in [0.15, 0.2) is 24.4 Å². The van der Waals surface area contributed by atoms with Crippen molar-refractivity contribution in [3.05, 3.63) is 35.7 Å². The molecular formula is C9H10N2O. The van der Waals surface area contributed by atoms with Crippen LogP contribution in [0.5, 0.6) is 0 Å². The summed E-state index contributed by atoms with van der Waals surface area (Å²) in [6.07, 6.45) is 1.94. The van der Waals surface area contributed by atoms with Gasteiger partial charge in [-0.15, -0.1) is 0 Å². The summed E-state index contributed by atoms with van der Waals surface area (Å²) in [5.74, 6) is 0. The molecule has 0 bridgehead atoms. The van der Waals surface area contributed by atoms with Crippen molar-refractivity contribution < 1.29 is 5.11 Å². The van der Waals surface area contributed by atoms with Crippen molar-refractivity contribution in [1.82, 2.24) is 9.61 Å². The Morgan fingerprint density at radius 3 is 3.08 bits per heavy atom. The summed E-state index contributed by atoms with van der Waals surface area (Å²) in [6.45, 7) is 2.01. The van der Waals surface area contributed by atoms with Crippen LogP contribution >= 0.6 is 0 Å². The second kappa shape index (κ2) is 2.60. The maximum Gasteiger partial charge on any atom is 0.0889 e. The molecule has 12 heavy (non-hydrogen) atoms. The van der Waals surface area contributed by atoms with Gasteiger partial charge in [0.2, 0.25) is 0 Å². The smallest absolute Gasteiger partial charge is 0.0889 e. The molecule has 2 heterocycles. The van der Waals surface area contributed by atoms with E-state index in [1.807, 2.05) is 31.3 Å². The first-order valence-electron chi connectivity index (χ1n) is 3.85. The number of aliphatic hydroxyl groups excluding tert-OH is 1. The van der Waals surface area contributed by atoms with Crippen LogP contribution in [-0.2, 0) is 6.61 Å². The van der Waals surface area contributed by atoms with E-state index in [2.05, 4.69) is 5.10 Å². The highest BCUT2D eigenvalue weighted by molar-refractivity contribution is 5.47. The van der Waals surface area contributed by atoms with Gasteiger partial charge in [-0.3, -0.25) is 0 Å². The van der Waals surface area contributed by atoms with Crippen LogP contribution in [0.1, 0.15) is 11.3 Å². The van der Waals surface area contributed by atoms with Gasteiger partial charge in [0.15, 0.2) is 0 Å². The Hall–Kier alpha value is -1.35. The normalized spacial score (nSPS) is 10.8. The molecule has 62 valence electrons. The first-order valence-corrected chi connectivity index (χ1v) is 3.85. The summed E-state index contributed by atoms with van der Waals surface area (Å²) in [5.41, 5.74) is 2.89. The number of pyridine rings is 1. The largest absolute Gasteiger partial charge is 0.390 e. The maximum atomic E-state index is 8.83. The topological polar surface area (TPSA) is 37.5 Å². The van der Waals surface area contributed by atoms with E-state index in [9.17, 15) is 0 Å². The molecular weight excluding hydrogens is 152 g/mol. The second-order valence-electron chi connectivity index (χ2n) is 2.87. The van der Waals surface area contributed by atoms with Crippen LogP contribution in [-0.4, -0.2) is 14.7 Å². The van der Waals surface area contributed by atoms with E-state index >= 15 is 0 Å². The predicted molar refractivity (Wildman–Crippen MR) is 45.9 cm³/mol. The minimum Gasteiger partial charge on any atom is -0.390 e. The van der Waals surface area contributed by atoms with Crippen molar-refractivity contribution in [3.8, 4) is 0 Å². The molecule has 2 aromatic rings. The van der Waals surface area contributed by atoms with E-state index in [1.54, 1.807) is 4.52 Å². The standard InChI is InChI=1S/C9H10N2O/c1-7-2-3-9-4-8(6-12)10-11(9)5-7/h2-5,12H,6H2,1H3. The van der Waals surface area contributed by atoms with Crippen molar-refractivity contribution in [2.24, 2.45) is 0 Å². The van der Waals surface area contributed by atoms with E-state index in [-0.39, 0.29) is 6.61 Å². The van der Waals surface area contributed by atoms with Gasteiger partial charge in [0.05, 0.1) is 17.8 Å². The highest BCUT2D eigenvalue weighted by Crippen LogP contribution is 2.07. The Bertz CT molecular complexity index is 406. The van der Waals surface area contributed by atoms with E-state index in [4.69, 9.17) is 5.11 Å². The fourth-order valence-corrected chi connectivity index (χ4v) is 1.22. The van der Waals surface area contributed by atoms with Gasteiger partial charge in [-0.25, -0.2) is 4.52 Å². The van der Waals surface area contributed by atoms with Gasteiger partial charge in [-0.2, -0.15) is 5.10 Å². The fraction of sp³-hybridized carbons (Fsp3) is 0.222. The third-order valence-corrected chi connectivity index (χ3v) is 1.82. The first-order chi connectivity index (χ1) is 5.79. The van der Waals surface area contributed by atoms with Crippen LogP contribution in [0.25, 0.3) is 5.52 Å². The quantitative estimate of drug-likeness (QED) is 0.682. The summed E-state index contributed by atoms with van der Waals surface area (Å²) >= 11 is 0. The average molecular weight is 162 g/mol. The molecule has 0 saturated heterocycles. The van der Waals surface area contributed by atoms with Gasteiger partial charge in [0.1, 0.15) is 0 Å². The molecule has 0 aliphatic rings. The number of aryl methyl sites for hydroxylation is 1. The highest BCUT2D eigenvalue weighted by Gasteiger charge is 1.98. The molecule has 2 aromatic heterocycles. The number of rotatable bonds is 1. The molecule has 0 aliphatic carbocycles. The number of hydrogen-bond donors (Lipinski definition) is 1. The first kappa shape index (κ1) is 7.31. The van der Waals surface area contributed by atoms with E-state index in [1.165, 1.54) is 0 Å². The highest BCUT2D eigenvalue weighted by atomic mass is 16.3. The molecule has 3 heteroatoms. The van der Waals surface area contributed by atoms with Crippen LogP contribution < -0.4 is 0 Å². The number of aliphatic hydroxyl groups is 1. The minimum atomic E-state index is 0.000722. The van der Waals surface area contributed by atoms with Crippen LogP contribution in [0.2, 0.25) is 0 Å². The molecule has 0 saturated carbocycles. The minimum absolute atomic E-state index is 0.000722. The van der Waals surface area contributed by atoms with Crippen molar-refractivity contribution in [2.45, 2.75) is 13.5 Å². The molecule has 0 fully saturated rings. The lowest BCUT2D eigenvalue weighted by Gasteiger charge is -1.93. The van der Waals surface area contributed by atoms with Gasteiger partial charge < -0.3 is 5.11 Å². The third-order valence-electron chi connectivity index (χ3n) is 1.82. The zero-order valence-electron chi connectivity index (χ0n) is 6.86. The molecule has 0 atom stereocenters. The van der Waals surface area contributed by atoms with Crippen molar-refractivity contribution in [2.75, 3.05) is 0 Å². The molecule has 2 rings (SSSR count). The van der Waals surface area contributed by atoms with Crippen LogP contribution in [0.3, 0.4) is 0 Å². The SMILES string of the molecule is Cc1ccc2cc(CO)nn2c1. The fourth-order valence-electron chi connectivity index (χ4n) is 1.22. The van der Waals surface area contributed by atoms with Gasteiger partial charge in [0.25, 0.3) is 0 Å². The lowest BCUT2D eigenvalue weighted by molar-refractivity contribution is 0.276. The summed E-state index contributed by atoms with van der Waals surface area (Å²) in [7, 11) is 0. The Balaban J connectivity index is 2.67. The maximum absolute atomic E-state index is 8.83. The second-order valence-corrected chi connectivity index (χ2v) is 2.87. The molecule has 0 unspecified atom stereocenters. The van der Waals surface area contributed by atoms with Gasteiger partial charge in [-0.05, 0) is 24.6 Å². The third kappa shape index (κ3) is 1.08. The van der Waals surface area contributed by atoms with E-state index in [0.717, 1.165) is 11.1 Å². The van der Waals surface area contributed by atoms with Crippen molar-refractivity contribution in [1.29, 1.82) is 0 Å². The zero-order valence-corrected chi connectivity index (χ0v) is 6.86. The van der Waals surface area contributed by atoms with Gasteiger partial charge in [0, 0.05) is 6.20 Å². The molecule has 0 radical (unpaired) electrons. The predicted octanol–water partition coefficient (Wildman–Crippen LogP) is 1.14. The van der Waals surface area contributed by atoms with E-state index in [0.29, 0.717) is 5.69 Å². The Morgan fingerprint density at radius 2 is 2.33 bits per heavy atom.